The predicted octanol–water partition coefficient (Wildman–Crippen LogP) is 3.89. The van der Waals surface area contributed by atoms with Gasteiger partial charge in [0.15, 0.2) is 0 Å². The Labute approximate surface area is 130 Å². The van der Waals surface area contributed by atoms with Gasteiger partial charge in [0.1, 0.15) is 23.3 Å². The lowest BCUT2D eigenvalue weighted by molar-refractivity contribution is 0.627. The van der Waals surface area contributed by atoms with Gasteiger partial charge in [-0.2, -0.15) is 0 Å². The lowest BCUT2D eigenvalue weighted by Gasteiger charge is -2.14. The molecule has 1 heterocycles. The summed E-state index contributed by atoms with van der Waals surface area (Å²) in [5.74, 6) is 2.19. The van der Waals surface area contributed by atoms with Crippen molar-refractivity contribution in [2.45, 2.75) is 45.2 Å². The zero-order valence-corrected chi connectivity index (χ0v) is 12.8. The van der Waals surface area contributed by atoms with Gasteiger partial charge >= 0.3 is 0 Å². The Morgan fingerprint density at radius 2 is 1.77 bits per heavy atom. The Balaban J connectivity index is 1.65. The normalized spacial score (nSPS) is 15.0. The number of rotatable bonds is 5. The van der Waals surface area contributed by atoms with Crippen molar-refractivity contribution in [2.24, 2.45) is 0 Å². The van der Waals surface area contributed by atoms with Crippen LogP contribution in [0.2, 0.25) is 0 Å². The second kappa shape index (κ2) is 6.73. The van der Waals surface area contributed by atoms with Gasteiger partial charge in [-0.05, 0) is 37.5 Å². The lowest BCUT2D eigenvalue weighted by atomic mass is 10.2. The van der Waals surface area contributed by atoms with Crippen molar-refractivity contribution in [1.29, 1.82) is 0 Å². The van der Waals surface area contributed by atoms with Gasteiger partial charge < -0.3 is 10.6 Å². The number of hydrogen-bond donors (Lipinski definition) is 2. The molecule has 0 saturated heterocycles. The third-order valence-corrected chi connectivity index (χ3v) is 3.93. The SMILES string of the molecule is Cc1nc(NCc2ccc(F)cc2)cc(NC2CCCC2)n1. The van der Waals surface area contributed by atoms with Crippen LogP contribution in [-0.2, 0) is 6.54 Å². The highest BCUT2D eigenvalue weighted by Crippen LogP contribution is 2.22. The van der Waals surface area contributed by atoms with E-state index in [0.717, 1.165) is 23.0 Å². The highest BCUT2D eigenvalue weighted by molar-refractivity contribution is 5.48. The molecule has 3 rings (SSSR count). The zero-order valence-electron chi connectivity index (χ0n) is 12.8. The van der Waals surface area contributed by atoms with E-state index in [1.165, 1.54) is 37.8 Å². The molecular weight excluding hydrogens is 279 g/mol. The third kappa shape index (κ3) is 3.93. The van der Waals surface area contributed by atoms with Gasteiger partial charge in [0.25, 0.3) is 0 Å². The van der Waals surface area contributed by atoms with Crippen LogP contribution >= 0.6 is 0 Å². The van der Waals surface area contributed by atoms with Crippen LogP contribution in [0.25, 0.3) is 0 Å². The minimum Gasteiger partial charge on any atom is -0.367 e. The Hall–Kier alpha value is -2.17. The summed E-state index contributed by atoms with van der Waals surface area (Å²) in [6, 6.07) is 8.95. The molecule has 1 aliphatic rings. The molecule has 1 aromatic carbocycles. The van der Waals surface area contributed by atoms with Gasteiger partial charge in [0.05, 0.1) is 0 Å². The van der Waals surface area contributed by atoms with Crippen LogP contribution in [0.1, 0.15) is 37.1 Å². The van der Waals surface area contributed by atoms with E-state index in [9.17, 15) is 4.39 Å². The summed E-state index contributed by atoms with van der Waals surface area (Å²) in [5.41, 5.74) is 1.02. The standard InChI is InChI=1S/C17H21FN4/c1-12-20-16(19-11-13-6-8-14(18)9-7-13)10-17(21-12)22-15-4-2-3-5-15/h6-10,15H,2-5,11H2,1H3,(H2,19,20,21,22). The van der Waals surface area contributed by atoms with Crippen molar-refractivity contribution in [1.82, 2.24) is 9.97 Å². The molecule has 2 aromatic rings. The molecule has 22 heavy (non-hydrogen) atoms. The van der Waals surface area contributed by atoms with Gasteiger partial charge in [-0.15, -0.1) is 0 Å². The van der Waals surface area contributed by atoms with Crippen LogP contribution in [0.15, 0.2) is 30.3 Å². The van der Waals surface area contributed by atoms with Crippen LogP contribution in [0.3, 0.4) is 0 Å². The third-order valence-electron chi connectivity index (χ3n) is 3.93. The first-order valence-electron chi connectivity index (χ1n) is 7.79. The van der Waals surface area contributed by atoms with E-state index in [4.69, 9.17) is 0 Å². The topological polar surface area (TPSA) is 49.8 Å². The number of anilines is 2. The number of nitrogens with one attached hydrogen (secondary N) is 2. The molecule has 0 aliphatic heterocycles. The van der Waals surface area contributed by atoms with Crippen molar-refractivity contribution in [3.8, 4) is 0 Å². The fourth-order valence-corrected chi connectivity index (χ4v) is 2.81. The largest absolute Gasteiger partial charge is 0.367 e. The van der Waals surface area contributed by atoms with Gasteiger partial charge in [-0.1, -0.05) is 25.0 Å². The average molecular weight is 300 g/mol. The van der Waals surface area contributed by atoms with Crippen LogP contribution in [0.4, 0.5) is 16.0 Å². The van der Waals surface area contributed by atoms with E-state index in [0.29, 0.717) is 12.6 Å². The summed E-state index contributed by atoms with van der Waals surface area (Å²) in [7, 11) is 0. The molecule has 1 saturated carbocycles. The molecule has 0 amide bonds. The summed E-state index contributed by atoms with van der Waals surface area (Å²) in [6.45, 7) is 2.50. The minimum atomic E-state index is -0.218. The number of aryl methyl sites for hydroxylation is 1. The fourth-order valence-electron chi connectivity index (χ4n) is 2.81. The summed E-state index contributed by atoms with van der Waals surface area (Å²) in [5, 5.41) is 6.76. The summed E-state index contributed by atoms with van der Waals surface area (Å²) < 4.78 is 12.9. The maximum atomic E-state index is 12.9. The smallest absolute Gasteiger partial charge is 0.132 e. The monoisotopic (exact) mass is 300 g/mol. The maximum Gasteiger partial charge on any atom is 0.132 e. The second-order valence-electron chi connectivity index (χ2n) is 5.79. The lowest BCUT2D eigenvalue weighted by Crippen LogP contribution is -2.16. The Morgan fingerprint density at radius 1 is 1.09 bits per heavy atom. The molecular formula is C17H21FN4. The molecule has 2 N–H and O–H groups in total. The summed E-state index contributed by atoms with van der Waals surface area (Å²) in [4.78, 5) is 8.86. The van der Waals surface area contributed by atoms with E-state index in [1.807, 2.05) is 13.0 Å². The first-order valence-corrected chi connectivity index (χ1v) is 7.79. The molecule has 0 bridgehead atoms. The second-order valence-corrected chi connectivity index (χ2v) is 5.79. The predicted molar refractivity (Wildman–Crippen MR) is 86.4 cm³/mol. The molecule has 1 aliphatic carbocycles. The Morgan fingerprint density at radius 3 is 2.50 bits per heavy atom. The van der Waals surface area contributed by atoms with Gasteiger partial charge in [0.2, 0.25) is 0 Å². The van der Waals surface area contributed by atoms with Crippen molar-refractivity contribution in [3.05, 3.63) is 47.5 Å². The van der Waals surface area contributed by atoms with E-state index in [1.54, 1.807) is 12.1 Å². The van der Waals surface area contributed by atoms with E-state index < -0.39 is 0 Å². The molecule has 0 atom stereocenters. The molecule has 1 aromatic heterocycles. The van der Waals surface area contributed by atoms with Crippen LogP contribution in [-0.4, -0.2) is 16.0 Å². The molecule has 0 radical (unpaired) electrons. The minimum absolute atomic E-state index is 0.218. The average Bonchev–Trinajstić information content (AvgIpc) is 2.99. The van der Waals surface area contributed by atoms with Crippen molar-refractivity contribution < 1.29 is 4.39 Å². The highest BCUT2D eigenvalue weighted by atomic mass is 19.1. The van der Waals surface area contributed by atoms with Crippen LogP contribution < -0.4 is 10.6 Å². The van der Waals surface area contributed by atoms with E-state index >= 15 is 0 Å². The molecule has 0 spiro atoms. The quantitative estimate of drug-likeness (QED) is 0.879. The van der Waals surface area contributed by atoms with Crippen molar-refractivity contribution >= 4 is 11.6 Å². The molecule has 4 nitrogen and oxygen atoms in total. The molecule has 116 valence electrons. The van der Waals surface area contributed by atoms with E-state index in [2.05, 4.69) is 20.6 Å². The molecule has 5 heteroatoms. The van der Waals surface area contributed by atoms with Crippen LogP contribution in [0.5, 0.6) is 0 Å². The van der Waals surface area contributed by atoms with Gasteiger partial charge in [-0.25, -0.2) is 14.4 Å². The summed E-state index contributed by atoms with van der Waals surface area (Å²) >= 11 is 0. The number of benzene rings is 1. The van der Waals surface area contributed by atoms with E-state index in [-0.39, 0.29) is 5.82 Å². The zero-order chi connectivity index (χ0) is 15.4. The fraction of sp³-hybridized carbons (Fsp3) is 0.412. The Bertz CT molecular complexity index is 621. The number of hydrogen-bond acceptors (Lipinski definition) is 4. The number of aromatic nitrogens is 2. The number of halogens is 1. The Kier molecular flexibility index (Phi) is 4.51. The van der Waals surface area contributed by atoms with Gasteiger partial charge in [-0.3, -0.25) is 0 Å². The number of nitrogens with zero attached hydrogens (tertiary/aromatic N) is 2. The molecule has 1 fully saturated rings. The van der Waals surface area contributed by atoms with Crippen molar-refractivity contribution in [3.63, 3.8) is 0 Å². The van der Waals surface area contributed by atoms with Crippen molar-refractivity contribution in [2.75, 3.05) is 10.6 Å². The first-order chi connectivity index (χ1) is 10.7. The first kappa shape index (κ1) is 14.8. The maximum absolute atomic E-state index is 12.9. The van der Waals surface area contributed by atoms with Crippen LogP contribution in [0, 0.1) is 12.7 Å². The van der Waals surface area contributed by atoms with Gasteiger partial charge in [0, 0.05) is 18.7 Å². The molecule has 0 unspecified atom stereocenters. The highest BCUT2D eigenvalue weighted by Gasteiger charge is 2.15. The summed E-state index contributed by atoms with van der Waals surface area (Å²) in [6.07, 6.45) is 5.00.